The third-order valence-corrected chi connectivity index (χ3v) is 5.86. The molecule has 1 aliphatic heterocycles. The molecule has 0 aromatic heterocycles. The van der Waals surface area contributed by atoms with Crippen molar-refractivity contribution in [3.05, 3.63) is 77.9 Å². The van der Waals surface area contributed by atoms with Crippen LogP contribution in [0.1, 0.15) is 27.6 Å². The average Bonchev–Trinajstić information content (AvgIpc) is 2.97. The van der Waals surface area contributed by atoms with Crippen LogP contribution in [0, 0.1) is 0 Å². The molecule has 0 saturated heterocycles. The lowest BCUT2D eigenvalue weighted by Crippen LogP contribution is -2.35. The Kier molecular flexibility index (Phi) is 4.63. The molecule has 3 aromatic rings. The molecule has 1 heterocycles. The normalized spacial score (nSPS) is 14.4. The Bertz CT molecular complexity index is 1250. The highest BCUT2D eigenvalue weighted by Gasteiger charge is 2.35. The molecule has 29 heavy (non-hydrogen) atoms. The molecule has 0 unspecified atom stereocenters. The first kappa shape index (κ1) is 18.8. The Morgan fingerprint density at radius 2 is 1.48 bits per heavy atom. The fourth-order valence-corrected chi connectivity index (χ4v) is 4.08. The van der Waals surface area contributed by atoms with Crippen LogP contribution in [0.4, 0.5) is 0 Å². The summed E-state index contributed by atoms with van der Waals surface area (Å²) in [5.74, 6) is -0.838. The van der Waals surface area contributed by atoms with Crippen LogP contribution in [0.15, 0.2) is 76.7 Å². The highest BCUT2D eigenvalue weighted by atomic mass is 32.2. The van der Waals surface area contributed by atoms with Gasteiger partial charge in [-0.3, -0.25) is 14.5 Å². The molecule has 7 nitrogen and oxygen atoms in total. The second kappa shape index (κ2) is 7.14. The van der Waals surface area contributed by atoms with Gasteiger partial charge >= 0.3 is 0 Å². The molecule has 0 radical (unpaired) electrons. The van der Waals surface area contributed by atoms with E-state index in [2.05, 4.69) is 9.93 Å². The first-order valence-electron chi connectivity index (χ1n) is 8.86. The van der Waals surface area contributed by atoms with Gasteiger partial charge in [-0.2, -0.15) is 13.5 Å². The zero-order chi connectivity index (χ0) is 20.6. The van der Waals surface area contributed by atoms with Crippen molar-refractivity contribution in [3.8, 4) is 0 Å². The van der Waals surface area contributed by atoms with Crippen molar-refractivity contribution in [2.75, 3.05) is 6.54 Å². The van der Waals surface area contributed by atoms with E-state index in [1.54, 1.807) is 43.3 Å². The number of hydrogen-bond donors (Lipinski definition) is 1. The molecule has 1 aliphatic rings. The van der Waals surface area contributed by atoms with E-state index in [4.69, 9.17) is 0 Å². The predicted molar refractivity (Wildman–Crippen MR) is 109 cm³/mol. The maximum Gasteiger partial charge on any atom is 0.276 e. The molecule has 146 valence electrons. The lowest BCUT2D eigenvalue weighted by molar-refractivity contribution is 0.0677. The molecule has 8 heteroatoms. The number of carbonyl (C=O) groups excluding carboxylic acids is 2. The van der Waals surface area contributed by atoms with E-state index in [1.165, 1.54) is 6.07 Å². The molecule has 0 bridgehead atoms. The Hall–Kier alpha value is -3.52. The quantitative estimate of drug-likeness (QED) is 0.400. The summed E-state index contributed by atoms with van der Waals surface area (Å²) < 4.78 is 25.1. The number of rotatable bonds is 5. The third-order valence-electron chi connectivity index (χ3n) is 4.65. The number of nitrogens with one attached hydrogen (secondary N) is 1. The molecule has 4 rings (SSSR count). The SMILES string of the molecule is C/C(CN1C(=O)c2ccccc2C1=O)=N\NS(=O)(=O)c1ccc2ccccc2c1. The Morgan fingerprint density at radius 1 is 0.897 bits per heavy atom. The number of nitrogens with zero attached hydrogens (tertiary/aromatic N) is 2. The third kappa shape index (κ3) is 3.50. The van der Waals surface area contributed by atoms with Crippen LogP contribution in [0.2, 0.25) is 0 Å². The largest absolute Gasteiger partial charge is 0.276 e. The molecular formula is C21H17N3O4S. The van der Waals surface area contributed by atoms with Crippen molar-refractivity contribution in [3.63, 3.8) is 0 Å². The lowest BCUT2D eigenvalue weighted by Gasteiger charge is -2.13. The summed E-state index contributed by atoms with van der Waals surface area (Å²) >= 11 is 0. The molecule has 0 fully saturated rings. The number of carbonyl (C=O) groups is 2. The molecule has 0 aliphatic carbocycles. The first-order chi connectivity index (χ1) is 13.9. The van der Waals surface area contributed by atoms with Crippen molar-refractivity contribution in [2.24, 2.45) is 5.10 Å². The summed E-state index contributed by atoms with van der Waals surface area (Å²) in [7, 11) is -3.89. The van der Waals surface area contributed by atoms with Crippen molar-refractivity contribution >= 4 is 38.3 Å². The van der Waals surface area contributed by atoms with Gasteiger partial charge in [0.25, 0.3) is 21.8 Å². The Balaban J connectivity index is 1.51. The number of sulfonamides is 1. The maximum atomic E-state index is 12.6. The van der Waals surface area contributed by atoms with Gasteiger partial charge in [0.1, 0.15) is 0 Å². The summed E-state index contributed by atoms with van der Waals surface area (Å²) in [6.45, 7) is 1.44. The lowest BCUT2D eigenvalue weighted by atomic mass is 10.1. The summed E-state index contributed by atoms with van der Waals surface area (Å²) in [6, 6.07) is 18.8. The second-order valence-corrected chi connectivity index (χ2v) is 8.35. The number of fused-ring (bicyclic) bond motifs is 2. The molecule has 0 atom stereocenters. The van der Waals surface area contributed by atoms with Gasteiger partial charge in [0, 0.05) is 0 Å². The smallest absolute Gasteiger partial charge is 0.269 e. The Morgan fingerprint density at radius 3 is 2.14 bits per heavy atom. The van der Waals surface area contributed by atoms with Crippen molar-refractivity contribution in [1.29, 1.82) is 0 Å². The van der Waals surface area contributed by atoms with Crippen molar-refractivity contribution in [1.82, 2.24) is 9.73 Å². The first-order valence-corrected chi connectivity index (χ1v) is 10.3. The van der Waals surface area contributed by atoms with Gasteiger partial charge in [0.05, 0.1) is 28.3 Å². The number of benzene rings is 3. The van der Waals surface area contributed by atoms with Gasteiger partial charge in [-0.25, -0.2) is 4.83 Å². The van der Waals surface area contributed by atoms with Gasteiger partial charge in [-0.15, -0.1) is 0 Å². The molecular weight excluding hydrogens is 390 g/mol. The van der Waals surface area contributed by atoms with E-state index < -0.39 is 21.8 Å². The second-order valence-electron chi connectivity index (χ2n) is 6.69. The summed E-state index contributed by atoms with van der Waals surface area (Å²) in [6.07, 6.45) is 0. The average molecular weight is 407 g/mol. The van der Waals surface area contributed by atoms with Crippen molar-refractivity contribution < 1.29 is 18.0 Å². The minimum absolute atomic E-state index is 0.0773. The van der Waals surface area contributed by atoms with E-state index in [0.717, 1.165) is 15.7 Å². The number of amides is 2. The molecule has 0 spiro atoms. The standard InChI is InChI=1S/C21H17N3O4S/c1-14(13-24-20(25)18-8-4-5-9-19(18)21(24)26)22-23-29(27,28)17-11-10-15-6-2-3-7-16(15)12-17/h2-12,23H,13H2,1H3/b22-14+. The fourth-order valence-electron chi connectivity index (χ4n) is 3.17. The summed E-state index contributed by atoms with van der Waals surface area (Å²) in [5, 5.41) is 5.60. The van der Waals surface area contributed by atoms with Crippen LogP contribution in [-0.2, 0) is 10.0 Å². The maximum absolute atomic E-state index is 12.6. The highest BCUT2D eigenvalue weighted by Crippen LogP contribution is 2.22. The molecule has 0 saturated carbocycles. The van der Waals surface area contributed by atoms with Crippen LogP contribution in [0.25, 0.3) is 10.8 Å². The molecule has 3 aromatic carbocycles. The minimum atomic E-state index is -3.89. The Labute approximate surface area is 167 Å². The van der Waals surface area contributed by atoms with Gasteiger partial charge in [0.15, 0.2) is 0 Å². The zero-order valence-electron chi connectivity index (χ0n) is 15.5. The molecule has 2 amide bonds. The van der Waals surface area contributed by atoms with E-state index in [1.807, 2.05) is 24.3 Å². The number of hydrazone groups is 1. The summed E-state index contributed by atoms with van der Waals surface area (Å²) in [5.41, 5.74) is 0.952. The van der Waals surface area contributed by atoms with E-state index in [-0.39, 0.29) is 17.2 Å². The van der Waals surface area contributed by atoms with Gasteiger partial charge in [0.2, 0.25) is 0 Å². The van der Waals surface area contributed by atoms with Gasteiger partial charge in [-0.1, -0.05) is 42.5 Å². The minimum Gasteiger partial charge on any atom is -0.269 e. The van der Waals surface area contributed by atoms with Crippen LogP contribution < -0.4 is 4.83 Å². The fraction of sp³-hybridized carbons (Fsp3) is 0.0952. The van der Waals surface area contributed by atoms with Crippen LogP contribution in [0.5, 0.6) is 0 Å². The zero-order valence-corrected chi connectivity index (χ0v) is 16.3. The van der Waals surface area contributed by atoms with Gasteiger partial charge < -0.3 is 0 Å². The van der Waals surface area contributed by atoms with Crippen molar-refractivity contribution in [2.45, 2.75) is 11.8 Å². The van der Waals surface area contributed by atoms with Crippen LogP contribution in [0.3, 0.4) is 0 Å². The number of imide groups is 1. The topological polar surface area (TPSA) is 95.9 Å². The predicted octanol–water partition coefficient (Wildman–Crippen LogP) is 2.79. The highest BCUT2D eigenvalue weighted by molar-refractivity contribution is 7.89. The van der Waals surface area contributed by atoms with E-state index in [0.29, 0.717) is 11.1 Å². The van der Waals surface area contributed by atoms with E-state index in [9.17, 15) is 18.0 Å². The number of hydrogen-bond acceptors (Lipinski definition) is 5. The molecule has 1 N–H and O–H groups in total. The van der Waals surface area contributed by atoms with E-state index >= 15 is 0 Å². The van der Waals surface area contributed by atoms with Crippen LogP contribution >= 0.6 is 0 Å². The van der Waals surface area contributed by atoms with Crippen LogP contribution in [-0.4, -0.2) is 37.4 Å². The summed E-state index contributed by atoms with van der Waals surface area (Å²) in [4.78, 5) is 28.1. The monoisotopic (exact) mass is 407 g/mol. The van der Waals surface area contributed by atoms with Gasteiger partial charge in [-0.05, 0) is 42.0 Å².